The molecule has 0 atom stereocenters. The first-order valence-corrected chi connectivity index (χ1v) is 6.10. The molecule has 1 aliphatic rings. The lowest BCUT2D eigenvalue weighted by atomic mass is 9.89. The van der Waals surface area contributed by atoms with Gasteiger partial charge in [0.1, 0.15) is 5.75 Å². The third kappa shape index (κ3) is 2.50. The van der Waals surface area contributed by atoms with Crippen LogP contribution in [0, 0.1) is 0 Å². The quantitative estimate of drug-likeness (QED) is 0.786. The minimum atomic E-state index is 0.652. The molecular formula is C13H18ClNO. The smallest absolute Gasteiger partial charge is 0.137 e. The summed E-state index contributed by atoms with van der Waals surface area (Å²) >= 11 is 6.14. The number of ether oxygens (including phenoxy) is 1. The molecule has 3 heteroatoms. The van der Waals surface area contributed by atoms with Crippen molar-refractivity contribution in [2.75, 3.05) is 27.2 Å². The van der Waals surface area contributed by atoms with E-state index in [9.17, 15) is 0 Å². The topological polar surface area (TPSA) is 12.5 Å². The van der Waals surface area contributed by atoms with E-state index in [1.807, 2.05) is 6.07 Å². The van der Waals surface area contributed by atoms with Crippen LogP contribution in [0.1, 0.15) is 24.3 Å². The van der Waals surface area contributed by atoms with Gasteiger partial charge in [-0.15, -0.1) is 0 Å². The molecule has 1 heterocycles. The molecule has 0 unspecified atom stereocenters. The molecule has 16 heavy (non-hydrogen) atoms. The van der Waals surface area contributed by atoms with E-state index < -0.39 is 0 Å². The number of benzene rings is 1. The molecule has 1 aromatic rings. The van der Waals surface area contributed by atoms with Crippen LogP contribution in [0.25, 0.3) is 0 Å². The molecule has 0 saturated carbocycles. The Labute approximate surface area is 102 Å². The van der Waals surface area contributed by atoms with Gasteiger partial charge in [0.25, 0.3) is 0 Å². The third-order valence-electron chi connectivity index (χ3n) is 3.37. The van der Waals surface area contributed by atoms with Crippen molar-refractivity contribution in [1.29, 1.82) is 0 Å². The van der Waals surface area contributed by atoms with Crippen LogP contribution >= 0.6 is 11.6 Å². The summed E-state index contributed by atoms with van der Waals surface area (Å²) < 4.78 is 5.16. The van der Waals surface area contributed by atoms with Crippen LogP contribution in [0.5, 0.6) is 5.75 Å². The summed E-state index contributed by atoms with van der Waals surface area (Å²) in [7, 11) is 3.83. The zero-order valence-corrected chi connectivity index (χ0v) is 10.6. The van der Waals surface area contributed by atoms with Gasteiger partial charge in [-0.1, -0.05) is 17.7 Å². The number of likely N-dealkylation sites (tertiary alicyclic amines) is 1. The second-order valence-electron chi connectivity index (χ2n) is 4.47. The van der Waals surface area contributed by atoms with E-state index in [-0.39, 0.29) is 0 Å². The molecule has 88 valence electrons. The van der Waals surface area contributed by atoms with Gasteiger partial charge in [0.15, 0.2) is 0 Å². The molecule has 0 amide bonds. The molecule has 1 saturated heterocycles. The normalized spacial score (nSPS) is 18.7. The Balaban J connectivity index is 2.12. The van der Waals surface area contributed by atoms with Gasteiger partial charge in [-0.25, -0.2) is 0 Å². The van der Waals surface area contributed by atoms with Crippen molar-refractivity contribution in [3.05, 3.63) is 28.8 Å². The van der Waals surface area contributed by atoms with Crippen molar-refractivity contribution in [2.24, 2.45) is 0 Å². The predicted molar refractivity (Wildman–Crippen MR) is 67.5 cm³/mol. The zero-order valence-electron chi connectivity index (χ0n) is 9.87. The molecule has 2 rings (SSSR count). The molecule has 0 radical (unpaired) electrons. The van der Waals surface area contributed by atoms with E-state index >= 15 is 0 Å². The molecule has 2 nitrogen and oxygen atoms in total. The van der Waals surface area contributed by atoms with Crippen molar-refractivity contribution in [3.63, 3.8) is 0 Å². The van der Waals surface area contributed by atoms with Crippen LogP contribution in [-0.4, -0.2) is 32.1 Å². The van der Waals surface area contributed by atoms with Gasteiger partial charge in [-0.2, -0.15) is 0 Å². The summed E-state index contributed by atoms with van der Waals surface area (Å²) in [5, 5.41) is 0.721. The lowest BCUT2D eigenvalue weighted by molar-refractivity contribution is 0.255. The Morgan fingerprint density at radius 3 is 2.56 bits per heavy atom. The van der Waals surface area contributed by atoms with Gasteiger partial charge in [0.2, 0.25) is 0 Å². The Morgan fingerprint density at radius 2 is 2.00 bits per heavy atom. The van der Waals surface area contributed by atoms with Crippen LogP contribution in [0.15, 0.2) is 18.2 Å². The van der Waals surface area contributed by atoms with E-state index in [1.165, 1.54) is 31.5 Å². The SMILES string of the molecule is COc1ccc(C2CCN(C)CC2)cc1Cl. The molecule has 0 bridgehead atoms. The molecule has 1 aromatic carbocycles. The molecular weight excluding hydrogens is 222 g/mol. The number of nitrogens with zero attached hydrogens (tertiary/aromatic N) is 1. The molecule has 0 aromatic heterocycles. The maximum absolute atomic E-state index is 6.14. The molecule has 0 spiro atoms. The fourth-order valence-electron chi connectivity index (χ4n) is 2.28. The van der Waals surface area contributed by atoms with E-state index in [0.717, 1.165) is 10.8 Å². The van der Waals surface area contributed by atoms with Crippen molar-refractivity contribution < 1.29 is 4.74 Å². The van der Waals surface area contributed by atoms with Crippen LogP contribution in [-0.2, 0) is 0 Å². The van der Waals surface area contributed by atoms with E-state index in [4.69, 9.17) is 16.3 Å². The highest BCUT2D eigenvalue weighted by atomic mass is 35.5. The molecule has 1 aliphatic heterocycles. The number of halogens is 1. The number of hydrogen-bond donors (Lipinski definition) is 0. The molecule has 0 N–H and O–H groups in total. The van der Waals surface area contributed by atoms with Gasteiger partial charge >= 0.3 is 0 Å². The van der Waals surface area contributed by atoms with Crippen molar-refractivity contribution >= 4 is 11.6 Å². The highest BCUT2D eigenvalue weighted by molar-refractivity contribution is 6.32. The fraction of sp³-hybridized carbons (Fsp3) is 0.538. The highest BCUT2D eigenvalue weighted by Crippen LogP contribution is 2.32. The number of piperidine rings is 1. The van der Waals surface area contributed by atoms with Crippen molar-refractivity contribution in [1.82, 2.24) is 4.90 Å². The van der Waals surface area contributed by atoms with Crippen LogP contribution in [0.4, 0.5) is 0 Å². The third-order valence-corrected chi connectivity index (χ3v) is 3.66. The first-order valence-electron chi connectivity index (χ1n) is 5.72. The standard InChI is InChI=1S/C13H18ClNO/c1-15-7-5-10(6-8-15)11-3-4-13(16-2)12(14)9-11/h3-4,9-10H,5-8H2,1-2H3. The second kappa shape index (κ2) is 5.07. The maximum atomic E-state index is 6.14. The monoisotopic (exact) mass is 239 g/mol. The van der Waals surface area contributed by atoms with Crippen LogP contribution < -0.4 is 4.74 Å². The summed E-state index contributed by atoms with van der Waals surface area (Å²) in [5.41, 5.74) is 1.35. The Kier molecular flexibility index (Phi) is 3.72. The summed E-state index contributed by atoms with van der Waals surface area (Å²) in [6.45, 7) is 2.35. The van der Waals surface area contributed by atoms with E-state index in [1.54, 1.807) is 7.11 Å². The number of rotatable bonds is 2. The van der Waals surface area contributed by atoms with E-state index in [0.29, 0.717) is 5.92 Å². The predicted octanol–water partition coefficient (Wildman–Crippen LogP) is 3.16. The fourth-order valence-corrected chi connectivity index (χ4v) is 2.54. The maximum Gasteiger partial charge on any atom is 0.137 e. The van der Waals surface area contributed by atoms with Gasteiger partial charge in [0, 0.05) is 0 Å². The average molecular weight is 240 g/mol. The summed E-state index contributed by atoms with van der Waals surface area (Å²) in [6, 6.07) is 6.16. The van der Waals surface area contributed by atoms with Gasteiger partial charge in [-0.05, 0) is 56.6 Å². The summed E-state index contributed by atoms with van der Waals surface area (Å²) in [4.78, 5) is 2.38. The summed E-state index contributed by atoms with van der Waals surface area (Å²) in [5.74, 6) is 1.41. The molecule has 1 fully saturated rings. The minimum absolute atomic E-state index is 0.652. The van der Waals surface area contributed by atoms with Crippen LogP contribution in [0.2, 0.25) is 5.02 Å². The van der Waals surface area contributed by atoms with Crippen molar-refractivity contribution in [3.8, 4) is 5.75 Å². The Hall–Kier alpha value is -0.730. The Bertz CT molecular complexity index is 359. The largest absolute Gasteiger partial charge is 0.495 e. The zero-order chi connectivity index (χ0) is 11.5. The highest BCUT2D eigenvalue weighted by Gasteiger charge is 2.18. The van der Waals surface area contributed by atoms with Gasteiger partial charge < -0.3 is 9.64 Å². The molecule has 0 aliphatic carbocycles. The van der Waals surface area contributed by atoms with E-state index in [2.05, 4.69) is 24.1 Å². The first kappa shape index (κ1) is 11.7. The van der Waals surface area contributed by atoms with Gasteiger partial charge in [0.05, 0.1) is 12.1 Å². The van der Waals surface area contributed by atoms with Crippen LogP contribution in [0.3, 0.4) is 0 Å². The van der Waals surface area contributed by atoms with Gasteiger partial charge in [-0.3, -0.25) is 0 Å². The summed E-state index contributed by atoms with van der Waals surface area (Å²) in [6.07, 6.45) is 2.44. The Morgan fingerprint density at radius 1 is 1.31 bits per heavy atom. The second-order valence-corrected chi connectivity index (χ2v) is 4.88. The lowest BCUT2D eigenvalue weighted by Gasteiger charge is -2.29. The minimum Gasteiger partial charge on any atom is -0.495 e. The number of methoxy groups -OCH3 is 1. The lowest BCUT2D eigenvalue weighted by Crippen LogP contribution is -2.29. The van der Waals surface area contributed by atoms with Crippen molar-refractivity contribution in [2.45, 2.75) is 18.8 Å². The first-order chi connectivity index (χ1) is 7.70. The number of hydrogen-bond acceptors (Lipinski definition) is 2. The average Bonchev–Trinajstić information content (AvgIpc) is 2.30.